The lowest BCUT2D eigenvalue weighted by Gasteiger charge is -2.12. The Bertz CT molecular complexity index is 481. The Kier molecular flexibility index (Phi) is 5.51. The maximum Gasteiger partial charge on any atom is 0.0940 e. The summed E-state index contributed by atoms with van der Waals surface area (Å²) in [4.78, 5) is 4.44. The van der Waals surface area contributed by atoms with Crippen LogP contribution in [0.5, 0.6) is 0 Å². The van der Waals surface area contributed by atoms with Crippen molar-refractivity contribution in [2.24, 2.45) is 5.73 Å². The molecule has 2 aromatic rings. The first-order valence-corrected chi connectivity index (χ1v) is 7.56. The Hall–Kier alpha value is -1.23. The van der Waals surface area contributed by atoms with Crippen molar-refractivity contribution >= 4 is 11.3 Å². The van der Waals surface area contributed by atoms with Crippen molar-refractivity contribution < 1.29 is 0 Å². The summed E-state index contributed by atoms with van der Waals surface area (Å²) in [6, 6.07) is 10.4. The summed E-state index contributed by atoms with van der Waals surface area (Å²) >= 11 is 1.73. The van der Waals surface area contributed by atoms with E-state index < -0.39 is 0 Å². The number of benzene rings is 1. The molecule has 3 nitrogen and oxygen atoms in total. The summed E-state index contributed by atoms with van der Waals surface area (Å²) in [5.74, 6) is 0. The molecule has 1 unspecified atom stereocenters. The van der Waals surface area contributed by atoms with Gasteiger partial charge in [0.2, 0.25) is 0 Å². The maximum atomic E-state index is 6.14. The van der Waals surface area contributed by atoms with E-state index in [0.29, 0.717) is 0 Å². The van der Waals surface area contributed by atoms with Crippen molar-refractivity contribution in [3.63, 3.8) is 0 Å². The van der Waals surface area contributed by atoms with E-state index in [-0.39, 0.29) is 6.04 Å². The lowest BCUT2D eigenvalue weighted by molar-refractivity contribution is 0.580. The molecule has 102 valence electrons. The van der Waals surface area contributed by atoms with Crippen LogP contribution < -0.4 is 11.1 Å². The quantitative estimate of drug-likeness (QED) is 0.764. The van der Waals surface area contributed by atoms with E-state index in [9.17, 15) is 0 Å². The molecule has 0 aliphatic rings. The van der Waals surface area contributed by atoms with Crippen LogP contribution in [0.25, 0.3) is 0 Å². The Morgan fingerprint density at radius 1 is 1.26 bits per heavy atom. The lowest BCUT2D eigenvalue weighted by atomic mass is 10.1. The molecular formula is C15H21N3S. The molecule has 0 saturated carbocycles. The van der Waals surface area contributed by atoms with Gasteiger partial charge in [0.15, 0.2) is 0 Å². The zero-order valence-corrected chi connectivity index (χ0v) is 12.1. The average Bonchev–Trinajstić information content (AvgIpc) is 2.85. The van der Waals surface area contributed by atoms with Crippen LogP contribution in [0.2, 0.25) is 0 Å². The number of nitrogens with two attached hydrogens (primary N) is 1. The fraction of sp³-hybridized carbons (Fsp3) is 0.400. The molecule has 0 saturated heterocycles. The molecule has 0 bridgehead atoms. The van der Waals surface area contributed by atoms with Gasteiger partial charge in [0.05, 0.1) is 5.01 Å². The fourth-order valence-electron chi connectivity index (χ4n) is 1.96. The smallest absolute Gasteiger partial charge is 0.0940 e. The summed E-state index contributed by atoms with van der Waals surface area (Å²) in [7, 11) is 0. The van der Waals surface area contributed by atoms with Gasteiger partial charge in [0.1, 0.15) is 0 Å². The SMILES string of the molecule is Cc1csc(CCNCCC(N)c2ccccc2)n1. The average molecular weight is 275 g/mol. The van der Waals surface area contributed by atoms with Gasteiger partial charge in [-0.25, -0.2) is 4.98 Å². The number of hydrogen-bond donors (Lipinski definition) is 2. The second-order valence-corrected chi connectivity index (χ2v) is 5.63. The molecule has 1 aromatic heterocycles. The molecule has 0 amide bonds. The Labute approximate surface area is 118 Å². The van der Waals surface area contributed by atoms with Gasteiger partial charge >= 0.3 is 0 Å². The Morgan fingerprint density at radius 3 is 2.74 bits per heavy atom. The number of aromatic nitrogens is 1. The molecule has 0 aliphatic carbocycles. The number of aryl methyl sites for hydroxylation is 1. The van der Waals surface area contributed by atoms with Crippen LogP contribution in [0.3, 0.4) is 0 Å². The minimum Gasteiger partial charge on any atom is -0.324 e. The van der Waals surface area contributed by atoms with E-state index in [4.69, 9.17) is 5.73 Å². The molecule has 0 fully saturated rings. The molecule has 0 aliphatic heterocycles. The third-order valence-electron chi connectivity index (χ3n) is 3.04. The summed E-state index contributed by atoms with van der Waals surface area (Å²) in [6.07, 6.45) is 1.96. The monoisotopic (exact) mass is 275 g/mol. The fourth-order valence-corrected chi connectivity index (χ4v) is 2.74. The van der Waals surface area contributed by atoms with Gasteiger partial charge < -0.3 is 11.1 Å². The van der Waals surface area contributed by atoms with Gasteiger partial charge in [-0.1, -0.05) is 30.3 Å². The number of hydrogen-bond acceptors (Lipinski definition) is 4. The molecule has 1 aromatic carbocycles. The van der Waals surface area contributed by atoms with Crippen LogP contribution in [0.4, 0.5) is 0 Å². The highest BCUT2D eigenvalue weighted by atomic mass is 32.1. The van der Waals surface area contributed by atoms with E-state index in [1.54, 1.807) is 11.3 Å². The highest BCUT2D eigenvalue weighted by Crippen LogP contribution is 2.12. The second-order valence-electron chi connectivity index (χ2n) is 4.69. The van der Waals surface area contributed by atoms with Crippen LogP contribution in [-0.4, -0.2) is 18.1 Å². The third kappa shape index (κ3) is 4.74. The number of thiazole rings is 1. The summed E-state index contributed by atoms with van der Waals surface area (Å²) in [5.41, 5.74) is 8.47. The largest absolute Gasteiger partial charge is 0.324 e. The van der Waals surface area contributed by atoms with Gasteiger partial charge in [-0.05, 0) is 25.5 Å². The first kappa shape index (κ1) is 14.2. The van der Waals surface area contributed by atoms with Gasteiger partial charge in [0, 0.05) is 30.1 Å². The van der Waals surface area contributed by atoms with Crippen LogP contribution in [0.1, 0.15) is 28.7 Å². The van der Waals surface area contributed by atoms with Gasteiger partial charge in [-0.2, -0.15) is 0 Å². The molecule has 1 atom stereocenters. The topological polar surface area (TPSA) is 50.9 Å². The number of nitrogens with one attached hydrogen (secondary N) is 1. The van der Waals surface area contributed by atoms with Crippen molar-refractivity contribution in [1.29, 1.82) is 0 Å². The normalized spacial score (nSPS) is 12.5. The molecule has 2 rings (SSSR count). The third-order valence-corrected chi connectivity index (χ3v) is 4.07. The van der Waals surface area contributed by atoms with Crippen molar-refractivity contribution in [1.82, 2.24) is 10.3 Å². The first-order valence-electron chi connectivity index (χ1n) is 6.68. The standard InChI is InChI=1S/C15H21N3S/c1-12-11-19-15(18-12)8-10-17-9-7-14(16)13-5-3-2-4-6-13/h2-6,11,14,17H,7-10,16H2,1H3. The van der Waals surface area contributed by atoms with Crippen LogP contribution >= 0.6 is 11.3 Å². The van der Waals surface area contributed by atoms with E-state index in [1.165, 1.54) is 10.6 Å². The summed E-state index contributed by atoms with van der Waals surface area (Å²) < 4.78 is 0. The van der Waals surface area contributed by atoms with Crippen LogP contribution in [-0.2, 0) is 6.42 Å². The van der Waals surface area contributed by atoms with E-state index >= 15 is 0 Å². The lowest BCUT2D eigenvalue weighted by Crippen LogP contribution is -2.23. The maximum absolute atomic E-state index is 6.14. The predicted octanol–water partition coefficient (Wildman–Crippen LogP) is 2.67. The molecule has 19 heavy (non-hydrogen) atoms. The molecule has 3 N–H and O–H groups in total. The number of rotatable bonds is 7. The summed E-state index contributed by atoms with van der Waals surface area (Å²) in [5, 5.41) is 6.73. The van der Waals surface area contributed by atoms with E-state index in [1.807, 2.05) is 25.1 Å². The summed E-state index contributed by atoms with van der Waals surface area (Å²) in [6.45, 7) is 3.95. The van der Waals surface area contributed by atoms with Crippen molar-refractivity contribution in [2.45, 2.75) is 25.8 Å². The van der Waals surface area contributed by atoms with Gasteiger partial charge in [-0.3, -0.25) is 0 Å². The van der Waals surface area contributed by atoms with E-state index in [0.717, 1.165) is 31.6 Å². The van der Waals surface area contributed by atoms with Crippen molar-refractivity contribution in [3.8, 4) is 0 Å². The number of nitrogens with zero attached hydrogens (tertiary/aromatic N) is 1. The first-order chi connectivity index (χ1) is 9.25. The van der Waals surface area contributed by atoms with Crippen LogP contribution in [0.15, 0.2) is 35.7 Å². The molecular weight excluding hydrogens is 254 g/mol. The zero-order chi connectivity index (χ0) is 13.5. The predicted molar refractivity (Wildman–Crippen MR) is 81.4 cm³/mol. The van der Waals surface area contributed by atoms with Crippen molar-refractivity contribution in [3.05, 3.63) is 52.0 Å². The minimum atomic E-state index is 0.121. The van der Waals surface area contributed by atoms with Crippen molar-refractivity contribution in [2.75, 3.05) is 13.1 Å². The molecule has 0 radical (unpaired) electrons. The Morgan fingerprint density at radius 2 is 2.05 bits per heavy atom. The van der Waals surface area contributed by atoms with Crippen LogP contribution in [0, 0.1) is 6.92 Å². The van der Waals surface area contributed by atoms with Gasteiger partial charge in [0.25, 0.3) is 0 Å². The van der Waals surface area contributed by atoms with E-state index in [2.05, 4.69) is 27.8 Å². The molecule has 0 spiro atoms. The Balaban J connectivity index is 1.62. The minimum absolute atomic E-state index is 0.121. The zero-order valence-electron chi connectivity index (χ0n) is 11.3. The highest BCUT2D eigenvalue weighted by molar-refractivity contribution is 7.09. The van der Waals surface area contributed by atoms with Gasteiger partial charge in [-0.15, -0.1) is 11.3 Å². The molecule has 1 heterocycles. The second kappa shape index (κ2) is 7.38. The molecule has 4 heteroatoms. The highest BCUT2D eigenvalue weighted by Gasteiger charge is 2.04.